The second kappa shape index (κ2) is 9.92. The van der Waals surface area contributed by atoms with Crippen molar-refractivity contribution in [3.8, 4) is 0 Å². The van der Waals surface area contributed by atoms with Gasteiger partial charge in [-0.15, -0.1) is 0 Å². The van der Waals surface area contributed by atoms with Gasteiger partial charge in [0.2, 0.25) is 0 Å². The number of carbonyl (C=O) groups excluding carboxylic acids is 3. The molecule has 0 fully saturated rings. The molecule has 0 saturated heterocycles. The molecule has 0 spiro atoms. The summed E-state index contributed by atoms with van der Waals surface area (Å²) < 4.78 is 15.6. The summed E-state index contributed by atoms with van der Waals surface area (Å²) in [6, 6.07) is 7.82. The Morgan fingerprint density at radius 3 is 2.55 bits per heavy atom. The molecule has 0 aliphatic carbocycles. The van der Waals surface area contributed by atoms with Gasteiger partial charge in [0, 0.05) is 12.0 Å². The summed E-state index contributed by atoms with van der Waals surface area (Å²) in [4.78, 5) is 37.2. The van der Waals surface area contributed by atoms with E-state index in [1.807, 2.05) is 13.0 Å². The molecule has 1 aromatic carbocycles. The first-order valence-corrected chi connectivity index (χ1v) is 10.0. The van der Waals surface area contributed by atoms with E-state index in [-0.39, 0.29) is 30.9 Å². The van der Waals surface area contributed by atoms with Gasteiger partial charge >= 0.3 is 18.0 Å². The molecule has 0 bridgehead atoms. The summed E-state index contributed by atoms with van der Waals surface area (Å²) in [5, 5.41) is 9.17. The normalized spacial score (nSPS) is 15.8. The van der Waals surface area contributed by atoms with Gasteiger partial charge < -0.3 is 24.6 Å². The maximum atomic E-state index is 12.7. The van der Waals surface area contributed by atoms with E-state index in [2.05, 4.69) is 15.8 Å². The third-order valence-corrected chi connectivity index (χ3v) is 4.92. The fourth-order valence-corrected chi connectivity index (χ4v) is 3.39. The minimum atomic E-state index is -0.718. The molecular weight excluding hydrogens is 402 g/mol. The number of aryl methyl sites for hydroxylation is 2. The van der Waals surface area contributed by atoms with E-state index in [9.17, 15) is 14.4 Å². The van der Waals surface area contributed by atoms with Crippen LogP contribution >= 0.6 is 0 Å². The largest absolute Gasteiger partial charge is 0.463 e. The standard InChI is InChI=1S/C22H25N3O6/c1-4-29-21(27)19-17(23-22(28)24-20(19)15-8-6-5-7-9-15)12-30-18(26)11-10-16-13(2)25-31-14(16)3/h5-9,20H,4,10-12H2,1-3H3,(H2,23,24,28)/t20-/m0/s1. The molecule has 164 valence electrons. The molecule has 2 heterocycles. The summed E-state index contributed by atoms with van der Waals surface area (Å²) in [6.07, 6.45) is 0.531. The Morgan fingerprint density at radius 1 is 1.16 bits per heavy atom. The molecule has 2 aromatic rings. The molecule has 1 aliphatic heterocycles. The molecule has 9 nitrogen and oxygen atoms in total. The monoisotopic (exact) mass is 427 g/mol. The van der Waals surface area contributed by atoms with Gasteiger partial charge in [-0.25, -0.2) is 9.59 Å². The first-order chi connectivity index (χ1) is 14.9. The number of rotatable bonds is 8. The second-order valence-electron chi connectivity index (χ2n) is 7.02. The van der Waals surface area contributed by atoms with E-state index in [1.54, 1.807) is 38.1 Å². The van der Waals surface area contributed by atoms with Crippen molar-refractivity contribution < 1.29 is 28.4 Å². The zero-order valence-electron chi connectivity index (χ0n) is 17.7. The number of hydrogen-bond acceptors (Lipinski definition) is 7. The van der Waals surface area contributed by atoms with Crippen LogP contribution in [0.5, 0.6) is 0 Å². The Kier molecular flexibility index (Phi) is 7.07. The number of amides is 2. The Bertz CT molecular complexity index is 976. The van der Waals surface area contributed by atoms with Crippen molar-refractivity contribution >= 4 is 18.0 Å². The lowest BCUT2D eigenvalue weighted by Gasteiger charge is -2.29. The average molecular weight is 427 g/mol. The van der Waals surface area contributed by atoms with Crippen molar-refractivity contribution in [1.29, 1.82) is 0 Å². The predicted octanol–water partition coefficient (Wildman–Crippen LogP) is 2.64. The van der Waals surface area contributed by atoms with E-state index < -0.39 is 24.0 Å². The van der Waals surface area contributed by atoms with Crippen molar-refractivity contribution in [1.82, 2.24) is 15.8 Å². The van der Waals surface area contributed by atoms with Crippen LogP contribution in [0.25, 0.3) is 0 Å². The zero-order valence-corrected chi connectivity index (χ0v) is 17.7. The van der Waals surface area contributed by atoms with Gasteiger partial charge in [0.1, 0.15) is 12.4 Å². The Balaban J connectivity index is 1.77. The Morgan fingerprint density at radius 2 is 1.90 bits per heavy atom. The second-order valence-corrected chi connectivity index (χ2v) is 7.02. The quantitative estimate of drug-likeness (QED) is 0.622. The van der Waals surface area contributed by atoms with E-state index in [4.69, 9.17) is 14.0 Å². The first-order valence-electron chi connectivity index (χ1n) is 10.0. The smallest absolute Gasteiger partial charge is 0.338 e. The molecule has 1 aliphatic rings. The lowest BCUT2D eigenvalue weighted by molar-refractivity contribution is -0.143. The fourth-order valence-electron chi connectivity index (χ4n) is 3.39. The molecule has 0 unspecified atom stereocenters. The van der Waals surface area contributed by atoms with Crippen molar-refractivity contribution in [2.75, 3.05) is 13.2 Å². The summed E-state index contributed by atoms with van der Waals surface area (Å²) >= 11 is 0. The van der Waals surface area contributed by atoms with Crippen molar-refractivity contribution in [3.63, 3.8) is 0 Å². The highest BCUT2D eigenvalue weighted by Crippen LogP contribution is 2.28. The summed E-state index contributed by atoms with van der Waals surface area (Å²) in [5.74, 6) is -0.403. The number of esters is 2. The average Bonchev–Trinajstić information content (AvgIpc) is 3.08. The summed E-state index contributed by atoms with van der Waals surface area (Å²) in [5.41, 5.74) is 2.70. The van der Waals surface area contributed by atoms with Crippen LogP contribution in [0.3, 0.4) is 0 Å². The molecule has 0 saturated carbocycles. The molecule has 31 heavy (non-hydrogen) atoms. The first kappa shape index (κ1) is 22.1. The van der Waals surface area contributed by atoms with Gasteiger partial charge in [-0.3, -0.25) is 4.79 Å². The van der Waals surface area contributed by atoms with Gasteiger partial charge in [0.05, 0.1) is 29.6 Å². The number of hydrogen-bond donors (Lipinski definition) is 2. The maximum absolute atomic E-state index is 12.7. The lowest BCUT2D eigenvalue weighted by Crippen LogP contribution is -2.47. The lowest BCUT2D eigenvalue weighted by atomic mass is 9.95. The van der Waals surface area contributed by atoms with Crippen LogP contribution in [0.1, 0.15) is 42.0 Å². The van der Waals surface area contributed by atoms with Crippen molar-refractivity contribution in [2.24, 2.45) is 0 Å². The highest BCUT2D eigenvalue weighted by molar-refractivity contribution is 5.95. The molecule has 3 rings (SSSR count). The zero-order chi connectivity index (χ0) is 22.4. The maximum Gasteiger partial charge on any atom is 0.338 e. The van der Waals surface area contributed by atoms with Crippen LogP contribution in [0.4, 0.5) is 4.79 Å². The van der Waals surface area contributed by atoms with Crippen LogP contribution in [-0.4, -0.2) is 36.3 Å². The van der Waals surface area contributed by atoms with E-state index >= 15 is 0 Å². The number of aromatic nitrogens is 1. The highest BCUT2D eigenvalue weighted by atomic mass is 16.5. The number of nitrogens with one attached hydrogen (secondary N) is 2. The third-order valence-electron chi connectivity index (χ3n) is 4.92. The van der Waals surface area contributed by atoms with Gasteiger partial charge in [-0.05, 0) is 32.8 Å². The van der Waals surface area contributed by atoms with Gasteiger partial charge in [-0.1, -0.05) is 35.5 Å². The van der Waals surface area contributed by atoms with Crippen LogP contribution in [-0.2, 0) is 25.5 Å². The molecule has 1 aromatic heterocycles. The van der Waals surface area contributed by atoms with Crippen LogP contribution in [0, 0.1) is 13.8 Å². The van der Waals surface area contributed by atoms with Gasteiger partial charge in [0.15, 0.2) is 0 Å². The Hall–Kier alpha value is -3.62. The molecule has 2 amide bonds. The van der Waals surface area contributed by atoms with Crippen LogP contribution in [0.15, 0.2) is 46.1 Å². The number of urea groups is 1. The van der Waals surface area contributed by atoms with Gasteiger partial charge in [0.25, 0.3) is 0 Å². The highest BCUT2D eigenvalue weighted by Gasteiger charge is 2.34. The summed E-state index contributed by atoms with van der Waals surface area (Å²) in [6.45, 7) is 5.19. The SMILES string of the molecule is CCOC(=O)C1=C(COC(=O)CCc2c(C)noc2C)NC(=O)N[C@H]1c1ccccc1. The molecule has 0 radical (unpaired) electrons. The minimum Gasteiger partial charge on any atom is -0.463 e. The molecular formula is C22H25N3O6. The molecule has 9 heteroatoms. The predicted molar refractivity (Wildman–Crippen MR) is 110 cm³/mol. The van der Waals surface area contributed by atoms with E-state index in [1.165, 1.54) is 0 Å². The number of carbonyl (C=O) groups is 3. The van der Waals surface area contributed by atoms with Gasteiger partial charge in [-0.2, -0.15) is 0 Å². The fraction of sp³-hybridized carbons (Fsp3) is 0.364. The number of nitrogens with zero attached hydrogens (tertiary/aromatic N) is 1. The third kappa shape index (κ3) is 5.30. The number of benzene rings is 1. The number of ether oxygens (including phenoxy) is 2. The Labute approximate surface area is 179 Å². The van der Waals surface area contributed by atoms with E-state index in [0.717, 1.165) is 11.3 Å². The van der Waals surface area contributed by atoms with E-state index in [0.29, 0.717) is 17.7 Å². The molecule has 2 N–H and O–H groups in total. The van der Waals surface area contributed by atoms with Crippen molar-refractivity contribution in [2.45, 2.75) is 39.7 Å². The topological polar surface area (TPSA) is 120 Å². The van der Waals surface area contributed by atoms with Crippen molar-refractivity contribution in [3.05, 3.63) is 64.2 Å². The summed E-state index contributed by atoms with van der Waals surface area (Å²) in [7, 11) is 0. The minimum absolute atomic E-state index is 0.110. The molecule has 1 atom stereocenters. The van der Waals surface area contributed by atoms with Crippen LogP contribution in [0.2, 0.25) is 0 Å². The van der Waals surface area contributed by atoms with Crippen LogP contribution < -0.4 is 10.6 Å².